The van der Waals surface area contributed by atoms with Crippen LogP contribution in [0.5, 0.6) is 0 Å². The van der Waals surface area contributed by atoms with Crippen LogP contribution in [0.3, 0.4) is 0 Å². The maximum atomic E-state index is 12.2. The smallest absolute Gasteiger partial charge is 0.305 e. The third-order valence-electron chi connectivity index (χ3n) is 2.23. The first kappa shape index (κ1) is 16.4. The molecule has 0 bridgehead atoms. The van der Waals surface area contributed by atoms with E-state index in [1.807, 2.05) is 12.1 Å². The molecule has 1 N–H and O–H groups in total. The van der Waals surface area contributed by atoms with Gasteiger partial charge in [0.05, 0.1) is 12.0 Å². The van der Waals surface area contributed by atoms with Gasteiger partial charge in [-0.15, -0.1) is 0 Å². The monoisotopic (exact) mass is 585 g/mol. The maximum absolute atomic E-state index is 12.2. The summed E-state index contributed by atoms with van der Waals surface area (Å²) in [4.78, 5) is 24.1. The molecule has 0 spiro atoms. The first-order chi connectivity index (χ1) is 8.32. The molecule has 0 aliphatic rings. The Labute approximate surface area is 146 Å². The second-order valence-electron chi connectivity index (χ2n) is 3.62. The van der Waals surface area contributed by atoms with Crippen molar-refractivity contribution in [3.05, 3.63) is 28.4 Å². The van der Waals surface area contributed by atoms with Crippen molar-refractivity contribution in [2.75, 3.05) is 13.6 Å². The zero-order chi connectivity index (χ0) is 13.9. The third kappa shape index (κ3) is 4.47. The Morgan fingerprint density at radius 1 is 1.28 bits per heavy atom. The van der Waals surface area contributed by atoms with Crippen molar-refractivity contribution >= 4 is 79.6 Å². The lowest BCUT2D eigenvalue weighted by Crippen LogP contribution is -2.29. The van der Waals surface area contributed by atoms with Gasteiger partial charge in [0, 0.05) is 24.3 Å². The van der Waals surface area contributed by atoms with Gasteiger partial charge < -0.3 is 10.0 Å². The summed E-state index contributed by atoms with van der Waals surface area (Å²) in [6.45, 7) is 0.215. The minimum atomic E-state index is -0.901. The Kier molecular flexibility index (Phi) is 6.58. The van der Waals surface area contributed by atoms with Crippen LogP contribution in [0, 0.1) is 10.7 Å². The van der Waals surface area contributed by atoms with Crippen LogP contribution in [0.4, 0.5) is 0 Å². The van der Waals surface area contributed by atoms with Crippen molar-refractivity contribution in [1.29, 1.82) is 0 Å². The van der Waals surface area contributed by atoms with E-state index >= 15 is 0 Å². The standard InChI is InChI=1S/C11H10I3NO3/c1-15(3-2-9(16)17)11(18)7-4-6(12)5-8(13)10(7)14/h4-5H,2-3H2,1H3,(H,16,17). The summed E-state index contributed by atoms with van der Waals surface area (Å²) in [5, 5.41) is 8.62. The fourth-order valence-electron chi connectivity index (χ4n) is 1.28. The van der Waals surface area contributed by atoms with E-state index < -0.39 is 5.97 Å². The highest BCUT2D eigenvalue weighted by Gasteiger charge is 2.17. The molecule has 0 aliphatic heterocycles. The number of carboxylic acid groups (broad SMARTS) is 1. The number of carbonyl (C=O) groups excluding carboxylic acids is 1. The highest BCUT2D eigenvalue weighted by molar-refractivity contribution is 14.1. The van der Waals surface area contributed by atoms with E-state index in [-0.39, 0.29) is 18.9 Å². The van der Waals surface area contributed by atoms with Gasteiger partial charge in [-0.25, -0.2) is 0 Å². The van der Waals surface area contributed by atoms with E-state index in [1.165, 1.54) is 4.90 Å². The lowest BCUT2D eigenvalue weighted by molar-refractivity contribution is -0.137. The number of aliphatic carboxylic acids is 1. The Hall–Kier alpha value is 0.350. The molecule has 0 atom stereocenters. The molecule has 1 aromatic rings. The van der Waals surface area contributed by atoms with Crippen LogP contribution in [0.25, 0.3) is 0 Å². The highest BCUT2D eigenvalue weighted by Crippen LogP contribution is 2.23. The van der Waals surface area contributed by atoms with Gasteiger partial charge in [0.1, 0.15) is 0 Å². The molecule has 18 heavy (non-hydrogen) atoms. The quantitative estimate of drug-likeness (QED) is 0.437. The predicted molar refractivity (Wildman–Crippen MR) is 93.8 cm³/mol. The molecule has 4 nitrogen and oxygen atoms in total. The summed E-state index contributed by atoms with van der Waals surface area (Å²) < 4.78 is 2.92. The van der Waals surface area contributed by atoms with Crippen LogP contribution in [0.15, 0.2) is 12.1 Å². The summed E-state index contributed by atoms with van der Waals surface area (Å²) in [7, 11) is 1.62. The molecule has 0 radical (unpaired) electrons. The number of benzene rings is 1. The average molecular weight is 585 g/mol. The van der Waals surface area contributed by atoms with Crippen molar-refractivity contribution in [2.45, 2.75) is 6.42 Å². The van der Waals surface area contributed by atoms with E-state index in [4.69, 9.17) is 5.11 Å². The van der Waals surface area contributed by atoms with Gasteiger partial charge >= 0.3 is 5.97 Å². The molecule has 0 saturated carbocycles. The molecule has 1 aromatic carbocycles. The number of hydrogen-bond acceptors (Lipinski definition) is 2. The van der Waals surface area contributed by atoms with Crippen LogP contribution in [0.2, 0.25) is 0 Å². The molecule has 0 unspecified atom stereocenters. The van der Waals surface area contributed by atoms with Crippen LogP contribution in [-0.4, -0.2) is 35.5 Å². The number of rotatable bonds is 4. The molecular weight excluding hydrogens is 575 g/mol. The van der Waals surface area contributed by atoms with Gasteiger partial charge in [0.25, 0.3) is 5.91 Å². The lowest BCUT2D eigenvalue weighted by Gasteiger charge is -2.17. The minimum absolute atomic E-state index is 0.0418. The van der Waals surface area contributed by atoms with Crippen molar-refractivity contribution < 1.29 is 14.7 Å². The average Bonchev–Trinajstić information content (AvgIpc) is 2.29. The molecule has 0 aromatic heterocycles. The SMILES string of the molecule is CN(CCC(=O)O)C(=O)c1cc(I)cc(I)c1I. The third-order valence-corrected chi connectivity index (χ3v) is 5.90. The number of carboxylic acids is 1. The summed E-state index contributed by atoms with van der Waals surface area (Å²) in [5.74, 6) is -1.04. The number of nitrogens with zero attached hydrogens (tertiary/aromatic N) is 1. The molecule has 98 valence electrons. The number of hydrogen-bond donors (Lipinski definition) is 1. The van der Waals surface area contributed by atoms with Crippen LogP contribution in [0.1, 0.15) is 16.8 Å². The fraction of sp³-hybridized carbons (Fsp3) is 0.273. The van der Waals surface area contributed by atoms with E-state index in [2.05, 4.69) is 67.8 Å². The van der Waals surface area contributed by atoms with Crippen molar-refractivity contribution in [3.8, 4) is 0 Å². The molecular formula is C11H10I3NO3. The Morgan fingerprint density at radius 2 is 1.89 bits per heavy atom. The Morgan fingerprint density at radius 3 is 2.44 bits per heavy atom. The molecule has 0 saturated heterocycles. The van der Waals surface area contributed by atoms with Crippen LogP contribution in [-0.2, 0) is 4.79 Å². The topological polar surface area (TPSA) is 57.6 Å². The van der Waals surface area contributed by atoms with E-state index in [1.54, 1.807) is 7.05 Å². The zero-order valence-corrected chi connectivity index (χ0v) is 15.9. The van der Waals surface area contributed by atoms with Crippen molar-refractivity contribution in [3.63, 3.8) is 0 Å². The van der Waals surface area contributed by atoms with Crippen LogP contribution < -0.4 is 0 Å². The zero-order valence-electron chi connectivity index (χ0n) is 9.41. The first-order valence-electron chi connectivity index (χ1n) is 4.94. The molecule has 0 heterocycles. The van der Waals surface area contributed by atoms with Gasteiger partial charge in [0.2, 0.25) is 0 Å². The Balaban J connectivity index is 2.93. The van der Waals surface area contributed by atoms with Gasteiger partial charge in [-0.1, -0.05) is 0 Å². The molecule has 0 fully saturated rings. The van der Waals surface area contributed by atoms with Gasteiger partial charge in [-0.05, 0) is 79.9 Å². The number of carbonyl (C=O) groups is 2. The molecule has 1 rings (SSSR count). The fourth-order valence-corrected chi connectivity index (χ4v) is 3.67. The van der Waals surface area contributed by atoms with E-state index in [0.29, 0.717) is 5.56 Å². The summed E-state index contributed by atoms with van der Waals surface area (Å²) in [6, 6.07) is 3.82. The molecule has 0 aliphatic carbocycles. The van der Waals surface area contributed by atoms with Crippen LogP contribution >= 0.6 is 67.8 Å². The van der Waals surface area contributed by atoms with Crippen molar-refractivity contribution in [2.24, 2.45) is 0 Å². The minimum Gasteiger partial charge on any atom is -0.481 e. The van der Waals surface area contributed by atoms with E-state index in [9.17, 15) is 9.59 Å². The highest BCUT2D eigenvalue weighted by atomic mass is 127. The predicted octanol–water partition coefficient (Wildman–Crippen LogP) is 3.05. The van der Waals surface area contributed by atoms with Crippen molar-refractivity contribution in [1.82, 2.24) is 4.90 Å². The Bertz CT molecular complexity index is 491. The second kappa shape index (κ2) is 7.22. The molecule has 7 heteroatoms. The molecule has 1 amide bonds. The summed E-state index contributed by atoms with van der Waals surface area (Å²) >= 11 is 6.49. The lowest BCUT2D eigenvalue weighted by atomic mass is 10.2. The number of amides is 1. The maximum Gasteiger partial charge on any atom is 0.305 e. The second-order valence-corrected chi connectivity index (χ2v) is 7.11. The normalized spacial score (nSPS) is 10.2. The summed E-state index contributed by atoms with van der Waals surface area (Å²) in [5.41, 5.74) is 0.625. The van der Waals surface area contributed by atoms with Gasteiger partial charge in [-0.3, -0.25) is 9.59 Å². The van der Waals surface area contributed by atoms with E-state index in [0.717, 1.165) is 10.7 Å². The first-order valence-corrected chi connectivity index (χ1v) is 8.18. The van der Waals surface area contributed by atoms with Gasteiger partial charge in [0.15, 0.2) is 0 Å². The van der Waals surface area contributed by atoms with Gasteiger partial charge in [-0.2, -0.15) is 0 Å². The summed E-state index contributed by atoms with van der Waals surface area (Å²) in [6.07, 6.45) is -0.0418. The number of halogens is 3. The largest absolute Gasteiger partial charge is 0.481 e.